The SMILES string of the molecule is CS(=O)(=O)C1(C(=O)Nc2ccc(CC(=O)O)c(F)c2)CCCC1. The van der Waals surface area contributed by atoms with Crippen molar-refractivity contribution >= 4 is 27.4 Å². The molecule has 1 fully saturated rings. The van der Waals surface area contributed by atoms with E-state index >= 15 is 0 Å². The van der Waals surface area contributed by atoms with E-state index in [4.69, 9.17) is 5.11 Å². The number of carbonyl (C=O) groups is 2. The number of carboxylic acids is 1. The lowest BCUT2D eigenvalue weighted by Gasteiger charge is -2.25. The van der Waals surface area contributed by atoms with E-state index < -0.39 is 38.7 Å². The number of hydrogen-bond donors (Lipinski definition) is 2. The van der Waals surface area contributed by atoms with Crippen LogP contribution in [0.5, 0.6) is 0 Å². The average Bonchev–Trinajstić information content (AvgIpc) is 2.92. The Bertz CT molecular complexity index is 738. The van der Waals surface area contributed by atoms with Gasteiger partial charge in [0, 0.05) is 11.9 Å². The van der Waals surface area contributed by atoms with Gasteiger partial charge in [-0.05, 0) is 30.5 Å². The minimum Gasteiger partial charge on any atom is -0.481 e. The van der Waals surface area contributed by atoms with E-state index in [0.717, 1.165) is 12.3 Å². The van der Waals surface area contributed by atoms with Crippen LogP contribution in [0.3, 0.4) is 0 Å². The number of rotatable bonds is 5. The van der Waals surface area contributed by atoms with E-state index in [-0.39, 0.29) is 24.1 Å². The van der Waals surface area contributed by atoms with Gasteiger partial charge < -0.3 is 10.4 Å². The highest BCUT2D eigenvalue weighted by molar-refractivity contribution is 7.92. The van der Waals surface area contributed by atoms with Crippen LogP contribution in [0.4, 0.5) is 10.1 Å². The number of hydrogen-bond acceptors (Lipinski definition) is 4. The average molecular weight is 343 g/mol. The molecule has 0 unspecified atom stereocenters. The largest absolute Gasteiger partial charge is 0.481 e. The van der Waals surface area contributed by atoms with Crippen LogP contribution in [0.15, 0.2) is 18.2 Å². The van der Waals surface area contributed by atoms with Gasteiger partial charge >= 0.3 is 5.97 Å². The highest BCUT2D eigenvalue weighted by Crippen LogP contribution is 2.37. The van der Waals surface area contributed by atoms with E-state index in [1.54, 1.807) is 0 Å². The van der Waals surface area contributed by atoms with Crippen LogP contribution in [0, 0.1) is 5.82 Å². The van der Waals surface area contributed by atoms with Crippen LogP contribution in [0.25, 0.3) is 0 Å². The second kappa shape index (κ2) is 6.27. The first-order valence-electron chi connectivity index (χ1n) is 7.17. The lowest BCUT2D eigenvalue weighted by atomic mass is 10.1. The molecule has 2 N–H and O–H groups in total. The zero-order valence-corrected chi connectivity index (χ0v) is 13.5. The second-order valence-electron chi connectivity index (χ2n) is 5.80. The standard InChI is InChI=1S/C15H18FNO5S/c1-23(21,22)15(6-2-3-7-15)14(20)17-11-5-4-10(8-13(18)19)12(16)9-11/h4-5,9H,2-3,6-8H2,1H3,(H,17,20)(H,18,19). The summed E-state index contributed by atoms with van der Waals surface area (Å²) in [7, 11) is -3.60. The first-order valence-corrected chi connectivity index (χ1v) is 9.06. The van der Waals surface area contributed by atoms with Crippen LogP contribution in [-0.2, 0) is 25.8 Å². The Kier molecular flexibility index (Phi) is 4.74. The summed E-state index contributed by atoms with van der Waals surface area (Å²) in [6.45, 7) is 0. The van der Waals surface area contributed by atoms with Gasteiger partial charge in [0.25, 0.3) is 0 Å². The fourth-order valence-electron chi connectivity index (χ4n) is 2.89. The highest BCUT2D eigenvalue weighted by atomic mass is 32.2. The molecule has 0 bridgehead atoms. The van der Waals surface area contributed by atoms with Crippen molar-refractivity contribution < 1.29 is 27.5 Å². The van der Waals surface area contributed by atoms with Gasteiger partial charge in [0.05, 0.1) is 6.42 Å². The van der Waals surface area contributed by atoms with Crippen molar-refractivity contribution in [1.29, 1.82) is 0 Å². The van der Waals surface area contributed by atoms with Crippen LogP contribution >= 0.6 is 0 Å². The Balaban J connectivity index is 2.23. The third kappa shape index (κ3) is 3.52. The Labute approximate surface area is 133 Å². The van der Waals surface area contributed by atoms with E-state index in [1.165, 1.54) is 12.1 Å². The Morgan fingerprint density at radius 2 is 1.91 bits per heavy atom. The number of benzene rings is 1. The number of aliphatic carboxylic acids is 1. The van der Waals surface area contributed by atoms with Crippen molar-refractivity contribution in [1.82, 2.24) is 0 Å². The topological polar surface area (TPSA) is 101 Å². The third-order valence-electron chi connectivity index (χ3n) is 4.19. The van der Waals surface area contributed by atoms with Crippen molar-refractivity contribution in [3.63, 3.8) is 0 Å². The molecular formula is C15H18FNO5S. The molecule has 0 spiro atoms. The van der Waals surface area contributed by atoms with Crippen LogP contribution < -0.4 is 5.32 Å². The zero-order chi connectivity index (χ0) is 17.3. The number of amides is 1. The summed E-state index contributed by atoms with van der Waals surface area (Å²) >= 11 is 0. The maximum absolute atomic E-state index is 13.8. The lowest BCUT2D eigenvalue weighted by molar-refractivity contribution is -0.136. The number of nitrogens with one attached hydrogen (secondary N) is 1. The van der Waals surface area contributed by atoms with E-state index in [1.807, 2.05) is 0 Å². The predicted molar refractivity (Wildman–Crippen MR) is 82.4 cm³/mol. The summed E-state index contributed by atoms with van der Waals surface area (Å²) < 4.78 is 36.4. The summed E-state index contributed by atoms with van der Waals surface area (Å²) in [6, 6.07) is 3.63. The molecule has 0 saturated heterocycles. The molecule has 23 heavy (non-hydrogen) atoms. The van der Waals surface area contributed by atoms with Crippen molar-refractivity contribution in [2.75, 3.05) is 11.6 Å². The Hall–Kier alpha value is -1.96. The van der Waals surface area contributed by atoms with Crippen LogP contribution in [0.2, 0.25) is 0 Å². The van der Waals surface area contributed by atoms with Gasteiger partial charge in [-0.2, -0.15) is 0 Å². The molecular weight excluding hydrogens is 325 g/mol. The van der Waals surface area contributed by atoms with E-state index in [9.17, 15) is 22.4 Å². The molecule has 0 atom stereocenters. The molecule has 8 heteroatoms. The highest BCUT2D eigenvalue weighted by Gasteiger charge is 2.49. The predicted octanol–water partition coefficient (Wildman–Crippen LogP) is 1.75. The molecule has 2 rings (SSSR count). The molecule has 126 valence electrons. The third-order valence-corrected chi connectivity index (χ3v) is 6.20. The van der Waals surface area contributed by atoms with Crippen LogP contribution in [0.1, 0.15) is 31.2 Å². The van der Waals surface area contributed by atoms with Gasteiger partial charge in [-0.1, -0.05) is 18.9 Å². The molecule has 0 radical (unpaired) electrons. The lowest BCUT2D eigenvalue weighted by Crippen LogP contribution is -2.47. The Morgan fingerprint density at radius 3 is 2.39 bits per heavy atom. The first kappa shape index (κ1) is 17.4. The maximum atomic E-state index is 13.8. The van der Waals surface area contributed by atoms with Gasteiger partial charge in [0.15, 0.2) is 14.6 Å². The maximum Gasteiger partial charge on any atom is 0.307 e. The molecule has 1 aromatic rings. The normalized spacial score (nSPS) is 17.0. The minimum atomic E-state index is -3.60. The Morgan fingerprint density at radius 1 is 1.30 bits per heavy atom. The van der Waals surface area contributed by atoms with E-state index in [0.29, 0.717) is 12.8 Å². The fourth-order valence-corrected chi connectivity index (χ4v) is 4.31. The molecule has 0 aliphatic heterocycles. The molecule has 0 aromatic heterocycles. The zero-order valence-electron chi connectivity index (χ0n) is 12.6. The number of anilines is 1. The summed E-state index contributed by atoms with van der Waals surface area (Å²) in [5.74, 6) is -2.59. The number of carboxylic acid groups (broad SMARTS) is 1. The van der Waals surface area contributed by atoms with Crippen molar-refractivity contribution in [2.24, 2.45) is 0 Å². The molecule has 0 heterocycles. The molecule has 1 saturated carbocycles. The quantitative estimate of drug-likeness (QED) is 0.848. The second-order valence-corrected chi connectivity index (χ2v) is 8.13. The molecule has 1 aliphatic carbocycles. The molecule has 1 amide bonds. The summed E-state index contributed by atoms with van der Waals surface area (Å²) in [5, 5.41) is 11.1. The summed E-state index contributed by atoms with van der Waals surface area (Å²) in [4.78, 5) is 23.1. The summed E-state index contributed by atoms with van der Waals surface area (Å²) in [5.41, 5.74) is 0.103. The number of sulfone groups is 1. The molecule has 1 aromatic carbocycles. The number of halogens is 1. The minimum absolute atomic E-state index is 0.00538. The fraction of sp³-hybridized carbons (Fsp3) is 0.467. The van der Waals surface area contributed by atoms with Crippen molar-refractivity contribution in [3.8, 4) is 0 Å². The van der Waals surface area contributed by atoms with Gasteiger partial charge in [0.2, 0.25) is 5.91 Å². The molecule has 6 nitrogen and oxygen atoms in total. The van der Waals surface area contributed by atoms with Gasteiger partial charge in [-0.3, -0.25) is 9.59 Å². The van der Waals surface area contributed by atoms with Crippen molar-refractivity contribution in [3.05, 3.63) is 29.6 Å². The molecule has 1 aliphatic rings. The van der Waals surface area contributed by atoms with Gasteiger partial charge in [0.1, 0.15) is 5.82 Å². The monoisotopic (exact) mass is 343 g/mol. The van der Waals surface area contributed by atoms with Crippen molar-refractivity contribution in [2.45, 2.75) is 36.9 Å². The first-order chi connectivity index (χ1) is 10.7. The van der Waals surface area contributed by atoms with Crippen LogP contribution in [-0.4, -0.2) is 36.4 Å². The smallest absolute Gasteiger partial charge is 0.307 e. The van der Waals surface area contributed by atoms with E-state index in [2.05, 4.69) is 5.32 Å². The summed E-state index contributed by atoms with van der Waals surface area (Å²) in [6.07, 6.45) is 2.36. The van der Waals surface area contributed by atoms with Gasteiger partial charge in [-0.25, -0.2) is 12.8 Å². The van der Waals surface area contributed by atoms with Gasteiger partial charge in [-0.15, -0.1) is 0 Å². The number of carbonyl (C=O) groups excluding carboxylic acids is 1.